The lowest BCUT2D eigenvalue weighted by Gasteiger charge is -2.41. The first-order valence-corrected chi connectivity index (χ1v) is 20.9. The van der Waals surface area contributed by atoms with Crippen LogP contribution < -0.4 is 0 Å². The van der Waals surface area contributed by atoms with E-state index in [9.17, 15) is 23.4 Å². The summed E-state index contributed by atoms with van der Waals surface area (Å²) in [5.74, 6) is -4.13. The minimum absolute atomic E-state index is 0.0469. The van der Waals surface area contributed by atoms with Gasteiger partial charge in [0.15, 0.2) is 0 Å². The Morgan fingerprint density at radius 1 is 0.891 bits per heavy atom. The van der Waals surface area contributed by atoms with Crippen molar-refractivity contribution < 1.29 is 37.6 Å². The van der Waals surface area contributed by atoms with Crippen molar-refractivity contribution in [3.8, 4) is 0 Å². The summed E-state index contributed by atoms with van der Waals surface area (Å²) in [6, 6.07) is 13.4. The van der Waals surface area contributed by atoms with Crippen LogP contribution in [0.4, 0.5) is 4.79 Å². The van der Waals surface area contributed by atoms with Gasteiger partial charge in [0.25, 0.3) is 0 Å². The molecular weight excluding hydrogens is 765 g/mol. The highest BCUT2D eigenvalue weighted by molar-refractivity contribution is 7.85. The van der Waals surface area contributed by atoms with E-state index in [4.69, 9.17) is 42.4 Å². The van der Waals surface area contributed by atoms with E-state index >= 15 is 0 Å². The highest BCUT2D eigenvalue weighted by atomic mass is 35.5. The molecule has 1 saturated carbocycles. The molecule has 0 radical (unpaired) electrons. The molecule has 3 atom stereocenters. The number of carbonyl (C=O) groups is 4. The first-order chi connectivity index (χ1) is 26.2. The monoisotopic (exact) mass is 815 g/mol. The standard InChI is InChI=1S/C41H51Cl2N3O8S/c1-41(2,3)54-40(50)46(24-26-13-8-6-9-14-26)27-19-21-45(22-20-27)33(47)23-31-35(38(48)52-4)37(34-29(42)17-12-18-30(34)43)36(39(49)53-5)32(44-31)25-55(51)28-15-10-7-11-16-28/h7,10-12,15-18,26-27,35,37H,6,8-9,13-14,19-25H2,1-5H3/t35?,37-,55-/m0/s1. The quantitative estimate of drug-likeness (QED) is 0.166. The van der Waals surface area contributed by atoms with Gasteiger partial charge in [-0.25, -0.2) is 9.59 Å². The summed E-state index contributed by atoms with van der Waals surface area (Å²) in [5, 5.41) is 0.350. The average Bonchev–Trinajstić information content (AvgIpc) is 3.16. The second kappa shape index (κ2) is 18.9. The minimum atomic E-state index is -1.67. The van der Waals surface area contributed by atoms with Gasteiger partial charge in [-0.2, -0.15) is 0 Å². The molecule has 2 aromatic carbocycles. The van der Waals surface area contributed by atoms with Crippen LogP contribution in [0.15, 0.2) is 69.7 Å². The van der Waals surface area contributed by atoms with Crippen molar-refractivity contribution in [1.82, 2.24) is 9.80 Å². The molecule has 2 heterocycles. The zero-order valence-electron chi connectivity index (χ0n) is 32.2. The number of carbonyl (C=O) groups excluding carboxylic acids is 4. The number of likely N-dealkylation sites (tertiary alicyclic amines) is 1. The number of ether oxygens (including phenoxy) is 3. The number of halogens is 2. The van der Waals surface area contributed by atoms with Crippen molar-refractivity contribution in [2.75, 3.05) is 39.6 Å². The molecule has 2 aliphatic heterocycles. The number of hydrogen-bond donors (Lipinski definition) is 0. The van der Waals surface area contributed by atoms with Crippen molar-refractivity contribution >= 4 is 63.7 Å². The molecule has 2 aromatic rings. The largest absolute Gasteiger partial charge is 0.468 e. The van der Waals surface area contributed by atoms with Crippen LogP contribution in [-0.2, 0) is 39.4 Å². The number of benzene rings is 2. The van der Waals surface area contributed by atoms with Gasteiger partial charge in [-0.3, -0.25) is 18.8 Å². The molecule has 2 fully saturated rings. The molecule has 1 aliphatic carbocycles. The van der Waals surface area contributed by atoms with E-state index in [-0.39, 0.29) is 62.8 Å². The van der Waals surface area contributed by atoms with E-state index in [1.807, 2.05) is 25.7 Å². The van der Waals surface area contributed by atoms with Crippen LogP contribution in [0.25, 0.3) is 0 Å². The number of nitrogens with zero attached hydrogens (tertiary/aromatic N) is 3. The van der Waals surface area contributed by atoms with Gasteiger partial charge >= 0.3 is 18.0 Å². The molecule has 14 heteroatoms. The third-order valence-corrected chi connectivity index (χ3v) is 12.4. The fourth-order valence-electron chi connectivity index (χ4n) is 7.79. The second-order valence-electron chi connectivity index (χ2n) is 15.3. The topological polar surface area (TPSA) is 132 Å². The minimum Gasteiger partial charge on any atom is -0.468 e. The van der Waals surface area contributed by atoms with Gasteiger partial charge in [-0.15, -0.1) is 0 Å². The number of amides is 2. The third-order valence-electron chi connectivity index (χ3n) is 10.4. The van der Waals surface area contributed by atoms with Gasteiger partial charge in [0.2, 0.25) is 5.91 Å². The fourth-order valence-corrected chi connectivity index (χ4v) is 9.52. The maximum Gasteiger partial charge on any atom is 0.410 e. The molecule has 0 spiro atoms. The van der Waals surface area contributed by atoms with E-state index in [1.165, 1.54) is 20.6 Å². The molecule has 298 valence electrons. The third kappa shape index (κ3) is 10.6. The van der Waals surface area contributed by atoms with E-state index in [0.717, 1.165) is 25.7 Å². The summed E-state index contributed by atoms with van der Waals surface area (Å²) < 4.78 is 30.1. The van der Waals surface area contributed by atoms with E-state index in [1.54, 1.807) is 53.4 Å². The fraction of sp³-hybridized carbons (Fsp3) is 0.537. The molecule has 0 bridgehead atoms. The molecule has 3 aliphatic rings. The Hall–Kier alpha value is -3.74. The number of methoxy groups -OCH3 is 2. The SMILES string of the molecule is COC(=O)C1=C(C[S@](=O)c2ccccc2)N=C(CC(=O)N2CCC(N(CC3CCCCC3)C(=O)OC(C)(C)C)CC2)C(C(=O)OC)[C@@H]1c1c(Cl)cccc1Cl. The number of aliphatic imine (C=N–C) groups is 1. The van der Waals surface area contributed by atoms with Crippen LogP contribution in [0.3, 0.4) is 0 Å². The van der Waals surface area contributed by atoms with Gasteiger partial charge in [0, 0.05) is 52.2 Å². The Labute approximate surface area is 336 Å². The number of esters is 2. The number of rotatable bonds is 11. The molecule has 11 nitrogen and oxygen atoms in total. The highest BCUT2D eigenvalue weighted by Crippen LogP contribution is 2.46. The van der Waals surface area contributed by atoms with Crippen LogP contribution in [-0.4, -0.2) is 94.9 Å². The summed E-state index contributed by atoms with van der Waals surface area (Å²) in [4.78, 5) is 64.0. The van der Waals surface area contributed by atoms with Crippen molar-refractivity contribution in [3.05, 3.63) is 75.4 Å². The second-order valence-corrected chi connectivity index (χ2v) is 17.6. The highest BCUT2D eigenvalue weighted by Gasteiger charge is 2.47. The number of hydrogen-bond acceptors (Lipinski definition) is 9. The van der Waals surface area contributed by atoms with Crippen LogP contribution in [0.5, 0.6) is 0 Å². The van der Waals surface area contributed by atoms with Crippen LogP contribution in [0, 0.1) is 11.8 Å². The van der Waals surface area contributed by atoms with Crippen LogP contribution in [0.1, 0.15) is 83.6 Å². The maximum absolute atomic E-state index is 14.2. The van der Waals surface area contributed by atoms with Crippen molar-refractivity contribution in [2.45, 2.75) is 94.6 Å². The Balaban J connectivity index is 1.47. The lowest BCUT2D eigenvalue weighted by Crippen LogP contribution is -2.51. The number of piperidine rings is 1. The Morgan fingerprint density at radius 3 is 2.11 bits per heavy atom. The van der Waals surface area contributed by atoms with Gasteiger partial charge in [-0.1, -0.05) is 66.7 Å². The summed E-state index contributed by atoms with van der Waals surface area (Å²) >= 11 is 13.5. The van der Waals surface area contributed by atoms with Crippen molar-refractivity contribution in [1.29, 1.82) is 0 Å². The lowest BCUT2D eigenvalue weighted by molar-refractivity contribution is -0.143. The van der Waals surface area contributed by atoms with E-state index in [2.05, 4.69) is 0 Å². The maximum atomic E-state index is 14.2. The van der Waals surface area contributed by atoms with E-state index in [0.29, 0.717) is 43.3 Å². The molecule has 55 heavy (non-hydrogen) atoms. The molecule has 2 amide bonds. The summed E-state index contributed by atoms with van der Waals surface area (Å²) in [5.41, 5.74) is -0.219. The molecule has 1 saturated heterocycles. The smallest absolute Gasteiger partial charge is 0.410 e. The molecule has 1 unspecified atom stereocenters. The Kier molecular flexibility index (Phi) is 14.6. The van der Waals surface area contributed by atoms with Crippen LogP contribution >= 0.6 is 23.2 Å². The van der Waals surface area contributed by atoms with Crippen molar-refractivity contribution in [3.63, 3.8) is 0 Å². The molecule has 0 N–H and O–H groups in total. The molecular formula is C41H51Cl2N3O8S. The molecule has 0 aromatic heterocycles. The van der Waals surface area contributed by atoms with E-state index < -0.39 is 40.2 Å². The first kappa shape index (κ1) is 42.4. The van der Waals surface area contributed by atoms with Crippen molar-refractivity contribution in [2.24, 2.45) is 16.8 Å². The molecule has 5 rings (SSSR count). The zero-order valence-corrected chi connectivity index (χ0v) is 34.5. The normalized spacial score (nSPS) is 20.3. The zero-order chi connectivity index (χ0) is 39.9. The van der Waals surface area contributed by atoms with Gasteiger partial charge in [-0.05, 0) is 82.2 Å². The Bertz CT molecular complexity index is 1790. The predicted octanol–water partition coefficient (Wildman–Crippen LogP) is 7.75. The summed E-state index contributed by atoms with van der Waals surface area (Å²) in [6.07, 6.45) is 6.15. The van der Waals surface area contributed by atoms with Gasteiger partial charge < -0.3 is 24.0 Å². The first-order valence-electron chi connectivity index (χ1n) is 18.8. The summed E-state index contributed by atoms with van der Waals surface area (Å²) in [6.45, 7) is 6.95. The predicted molar refractivity (Wildman–Crippen MR) is 213 cm³/mol. The Morgan fingerprint density at radius 2 is 1.53 bits per heavy atom. The summed E-state index contributed by atoms with van der Waals surface area (Å²) in [7, 11) is 0.738. The van der Waals surface area contributed by atoms with Crippen LogP contribution in [0.2, 0.25) is 10.0 Å². The average molecular weight is 817 g/mol. The van der Waals surface area contributed by atoms with Gasteiger partial charge in [0.1, 0.15) is 11.5 Å². The van der Waals surface area contributed by atoms with Gasteiger partial charge in [0.05, 0.1) is 48.5 Å². The lowest BCUT2D eigenvalue weighted by atomic mass is 9.74.